The second-order valence-corrected chi connectivity index (χ2v) is 11.2. The van der Waals surface area contributed by atoms with E-state index in [4.69, 9.17) is 5.73 Å². The van der Waals surface area contributed by atoms with E-state index in [1.165, 1.54) is 4.90 Å². The number of rotatable bonds is 5. The minimum atomic E-state index is -3.47. The van der Waals surface area contributed by atoms with Crippen molar-refractivity contribution in [3.63, 3.8) is 0 Å². The number of hydrogen-bond acceptors (Lipinski definition) is 4. The molecule has 2 fully saturated rings. The summed E-state index contributed by atoms with van der Waals surface area (Å²) in [5, 5.41) is 2.45. The second-order valence-electron chi connectivity index (χ2n) is 9.13. The van der Waals surface area contributed by atoms with Crippen molar-refractivity contribution in [2.45, 2.75) is 62.9 Å². The van der Waals surface area contributed by atoms with E-state index in [-0.39, 0.29) is 24.5 Å². The molecule has 3 atom stereocenters. The van der Waals surface area contributed by atoms with Gasteiger partial charge in [0.2, 0.25) is 10.0 Å². The zero-order valence-electron chi connectivity index (χ0n) is 18.9. The van der Waals surface area contributed by atoms with Crippen molar-refractivity contribution in [2.24, 2.45) is 5.73 Å². The van der Waals surface area contributed by atoms with E-state index in [2.05, 4.69) is 11.4 Å². The van der Waals surface area contributed by atoms with E-state index < -0.39 is 21.3 Å². The Morgan fingerprint density at radius 1 is 1.12 bits per heavy atom. The lowest BCUT2D eigenvalue weighted by atomic mass is 9.99. The van der Waals surface area contributed by atoms with Crippen LogP contribution < -0.4 is 11.1 Å². The van der Waals surface area contributed by atoms with Gasteiger partial charge in [0.25, 0.3) is 5.91 Å². The van der Waals surface area contributed by atoms with Crippen LogP contribution >= 0.6 is 0 Å². The molecule has 9 heteroatoms. The molecule has 1 aliphatic carbocycles. The van der Waals surface area contributed by atoms with Crippen LogP contribution in [0.4, 0.5) is 4.79 Å². The average Bonchev–Trinajstić information content (AvgIpc) is 3.26. The molecule has 0 aromatic heterocycles. The van der Waals surface area contributed by atoms with Crippen LogP contribution in [0, 0.1) is 0 Å². The quantitative estimate of drug-likeness (QED) is 0.686. The molecule has 8 nitrogen and oxygen atoms in total. The lowest BCUT2D eigenvalue weighted by Crippen LogP contribution is -2.48. The van der Waals surface area contributed by atoms with Crippen LogP contribution in [0.5, 0.6) is 0 Å². The number of allylic oxidation sites excluding steroid dienone is 3. The summed E-state index contributed by atoms with van der Waals surface area (Å²) in [5.41, 5.74) is 7.55. The van der Waals surface area contributed by atoms with Gasteiger partial charge >= 0.3 is 6.03 Å². The summed E-state index contributed by atoms with van der Waals surface area (Å²) in [6.07, 6.45) is 10.0. The maximum atomic E-state index is 13.4. The average molecular weight is 473 g/mol. The second kappa shape index (κ2) is 9.69. The Hall–Kier alpha value is -2.65. The molecule has 0 saturated carbocycles. The fraction of sp³-hybridized carbons (Fsp3) is 0.500. The first-order chi connectivity index (χ1) is 15.8. The molecule has 0 bridgehead atoms. The van der Waals surface area contributed by atoms with Gasteiger partial charge in [0, 0.05) is 37.3 Å². The zero-order chi connectivity index (χ0) is 23.6. The van der Waals surface area contributed by atoms with Gasteiger partial charge in [-0.3, -0.25) is 4.79 Å². The van der Waals surface area contributed by atoms with Gasteiger partial charge in [-0.25, -0.2) is 13.2 Å². The van der Waals surface area contributed by atoms with Gasteiger partial charge in [0.15, 0.2) is 0 Å². The van der Waals surface area contributed by atoms with Crippen LogP contribution in [0.1, 0.15) is 54.9 Å². The van der Waals surface area contributed by atoms with E-state index in [0.717, 1.165) is 30.4 Å². The van der Waals surface area contributed by atoms with Gasteiger partial charge in [-0.1, -0.05) is 30.4 Å². The SMILES string of the molecule is C[C@H]1CCC(C2=CCCC=C2)S(=O)(=O)N1Cc1ccc(C(=O)N[C@@H]2CCN(C(N)=O)C2)cc1. The largest absolute Gasteiger partial charge is 0.351 e. The normalized spacial score (nSPS) is 27.2. The molecule has 3 N–H and O–H groups in total. The number of amides is 3. The predicted octanol–water partition coefficient (Wildman–Crippen LogP) is 2.53. The predicted molar refractivity (Wildman–Crippen MR) is 127 cm³/mol. The topological polar surface area (TPSA) is 113 Å². The molecule has 2 heterocycles. The van der Waals surface area contributed by atoms with Crippen molar-refractivity contribution < 1.29 is 18.0 Å². The van der Waals surface area contributed by atoms with E-state index in [1.807, 2.05) is 31.2 Å². The number of benzene rings is 1. The zero-order valence-corrected chi connectivity index (χ0v) is 19.8. The minimum absolute atomic E-state index is 0.0713. The van der Waals surface area contributed by atoms with Gasteiger partial charge in [0.05, 0.1) is 0 Å². The molecule has 0 radical (unpaired) electrons. The van der Waals surface area contributed by atoms with Crippen LogP contribution in [-0.2, 0) is 16.6 Å². The van der Waals surface area contributed by atoms with Gasteiger partial charge in [-0.05, 0) is 62.3 Å². The summed E-state index contributed by atoms with van der Waals surface area (Å²) in [5.74, 6) is -0.215. The monoisotopic (exact) mass is 472 g/mol. The van der Waals surface area contributed by atoms with E-state index >= 15 is 0 Å². The third-order valence-corrected chi connectivity index (χ3v) is 9.18. The third-order valence-electron chi connectivity index (χ3n) is 6.81. The highest BCUT2D eigenvalue weighted by Crippen LogP contribution is 2.33. The van der Waals surface area contributed by atoms with Gasteiger partial charge in [0.1, 0.15) is 5.25 Å². The Bertz CT molecular complexity index is 1060. The Balaban J connectivity index is 1.41. The highest BCUT2D eigenvalue weighted by molar-refractivity contribution is 7.90. The first-order valence-electron chi connectivity index (χ1n) is 11.6. The summed E-state index contributed by atoms with van der Waals surface area (Å²) in [6.45, 7) is 3.19. The van der Waals surface area contributed by atoms with Crippen molar-refractivity contribution in [3.05, 3.63) is 59.2 Å². The smallest absolute Gasteiger partial charge is 0.314 e. The number of urea groups is 1. The molecular formula is C24H32N4O4S. The number of primary amides is 1. The van der Waals surface area contributed by atoms with E-state index in [9.17, 15) is 18.0 Å². The molecule has 2 saturated heterocycles. The first kappa shape index (κ1) is 23.5. The van der Waals surface area contributed by atoms with Crippen molar-refractivity contribution in [1.29, 1.82) is 0 Å². The minimum Gasteiger partial charge on any atom is -0.351 e. The number of nitrogens with zero attached hydrogens (tertiary/aromatic N) is 2. The number of sulfonamides is 1. The molecule has 178 valence electrons. The molecule has 33 heavy (non-hydrogen) atoms. The third kappa shape index (κ3) is 5.14. The molecule has 3 aliphatic rings. The maximum absolute atomic E-state index is 13.4. The van der Waals surface area contributed by atoms with E-state index in [0.29, 0.717) is 31.5 Å². The highest BCUT2D eigenvalue weighted by Gasteiger charge is 2.41. The number of likely N-dealkylation sites (tertiary alicyclic amines) is 1. The Morgan fingerprint density at radius 2 is 1.88 bits per heavy atom. The van der Waals surface area contributed by atoms with E-state index in [1.54, 1.807) is 16.4 Å². The van der Waals surface area contributed by atoms with Crippen LogP contribution in [0.25, 0.3) is 0 Å². The van der Waals surface area contributed by atoms with Gasteiger partial charge < -0.3 is 16.0 Å². The van der Waals surface area contributed by atoms with Crippen molar-refractivity contribution >= 4 is 22.0 Å². The summed E-state index contributed by atoms with van der Waals surface area (Å²) in [4.78, 5) is 25.4. The Kier molecular flexibility index (Phi) is 6.90. The fourth-order valence-corrected chi connectivity index (χ4v) is 7.06. The summed E-state index contributed by atoms with van der Waals surface area (Å²) >= 11 is 0. The summed E-state index contributed by atoms with van der Waals surface area (Å²) in [7, 11) is -3.47. The van der Waals surface area contributed by atoms with Crippen LogP contribution in [0.2, 0.25) is 0 Å². The summed E-state index contributed by atoms with van der Waals surface area (Å²) < 4.78 is 28.4. The number of hydrogen-bond donors (Lipinski definition) is 2. The number of nitrogens with one attached hydrogen (secondary N) is 1. The van der Waals surface area contributed by atoms with Crippen LogP contribution in [0.15, 0.2) is 48.1 Å². The first-order valence-corrected chi connectivity index (χ1v) is 13.1. The number of nitrogens with two attached hydrogens (primary N) is 1. The van der Waals surface area contributed by atoms with Crippen molar-refractivity contribution in [3.8, 4) is 0 Å². The standard InChI is InChI=1S/C24H32N4O4S/c1-17-7-12-22(19-5-3-2-4-6-19)33(31,32)28(17)15-18-8-10-20(11-9-18)23(29)26-21-13-14-27(16-21)24(25)30/h3,5-6,8-11,17,21-22H,2,4,7,12-16H2,1H3,(H2,25,30)(H,26,29)/t17-,21+,22?/m0/s1. The molecular weight excluding hydrogens is 440 g/mol. The maximum Gasteiger partial charge on any atom is 0.314 e. The van der Waals surface area contributed by atoms with Crippen molar-refractivity contribution in [1.82, 2.24) is 14.5 Å². The summed E-state index contributed by atoms with van der Waals surface area (Å²) in [6, 6.07) is 6.39. The lowest BCUT2D eigenvalue weighted by Gasteiger charge is -2.38. The lowest BCUT2D eigenvalue weighted by molar-refractivity contribution is 0.0938. The number of carbonyl (C=O) groups excluding carboxylic acids is 2. The fourth-order valence-electron chi connectivity index (χ4n) is 4.85. The molecule has 2 aliphatic heterocycles. The van der Waals surface area contributed by atoms with Crippen LogP contribution in [-0.4, -0.2) is 60.0 Å². The molecule has 0 spiro atoms. The molecule has 1 aromatic rings. The van der Waals surface area contributed by atoms with Gasteiger partial charge in [-0.2, -0.15) is 4.31 Å². The van der Waals surface area contributed by atoms with Gasteiger partial charge in [-0.15, -0.1) is 0 Å². The molecule has 3 amide bonds. The molecule has 1 unspecified atom stereocenters. The Labute approximate surface area is 195 Å². The highest BCUT2D eigenvalue weighted by atomic mass is 32.2. The Morgan fingerprint density at radius 3 is 2.52 bits per heavy atom. The molecule has 4 rings (SSSR count). The van der Waals surface area contributed by atoms with Crippen molar-refractivity contribution in [2.75, 3.05) is 13.1 Å². The molecule has 1 aromatic carbocycles. The number of carbonyl (C=O) groups is 2. The van der Waals surface area contributed by atoms with Crippen LogP contribution in [0.3, 0.4) is 0 Å².